The number of hydrogen-bond acceptors (Lipinski definition) is 5. The molecule has 0 radical (unpaired) electrons. The molecule has 0 bridgehead atoms. The second kappa shape index (κ2) is 10.2. The van der Waals surface area contributed by atoms with Gasteiger partial charge in [0, 0.05) is 31.9 Å². The number of aryl methyl sites for hydroxylation is 1. The summed E-state index contributed by atoms with van der Waals surface area (Å²) >= 11 is 0. The monoisotopic (exact) mass is 505 g/mol. The molecule has 0 aliphatic carbocycles. The Morgan fingerprint density at radius 3 is 1.91 bits per heavy atom. The highest BCUT2D eigenvalue weighted by atomic mass is 32.2. The number of carbonyl (C=O) groups is 1. The molecule has 0 spiro atoms. The number of carbonyl (C=O) groups excluding carboxylic acids is 1. The van der Waals surface area contributed by atoms with Crippen LogP contribution < -0.4 is 5.32 Å². The lowest BCUT2D eigenvalue weighted by Gasteiger charge is -2.31. The Morgan fingerprint density at radius 2 is 1.29 bits per heavy atom. The van der Waals surface area contributed by atoms with Crippen LogP contribution in [0.3, 0.4) is 0 Å². The Kier molecular flexibility index (Phi) is 7.42. The first-order valence-electron chi connectivity index (χ1n) is 11.7. The fourth-order valence-electron chi connectivity index (χ4n) is 4.44. The summed E-state index contributed by atoms with van der Waals surface area (Å²) < 4.78 is 54.5. The Morgan fingerprint density at radius 1 is 0.765 bits per heavy atom. The molecular formula is C24H31N3O5S2. The average molecular weight is 506 g/mol. The fraction of sp³-hybridized carbons (Fsp3) is 0.458. The van der Waals surface area contributed by atoms with E-state index in [9.17, 15) is 21.6 Å². The molecule has 8 nitrogen and oxygen atoms in total. The van der Waals surface area contributed by atoms with Crippen molar-refractivity contribution < 1.29 is 21.6 Å². The molecule has 2 heterocycles. The van der Waals surface area contributed by atoms with E-state index in [0.717, 1.165) is 24.8 Å². The number of benzene rings is 2. The first-order chi connectivity index (χ1) is 16.2. The molecule has 184 valence electrons. The average Bonchev–Trinajstić information content (AvgIpc) is 2.85. The lowest BCUT2D eigenvalue weighted by molar-refractivity contribution is -0.120. The van der Waals surface area contributed by atoms with Crippen LogP contribution in [0, 0.1) is 12.8 Å². The van der Waals surface area contributed by atoms with Gasteiger partial charge in [-0.05, 0) is 69.0 Å². The van der Waals surface area contributed by atoms with Gasteiger partial charge in [-0.1, -0.05) is 24.1 Å². The van der Waals surface area contributed by atoms with E-state index in [-0.39, 0.29) is 22.2 Å². The zero-order valence-electron chi connectivity index (χ0n) is 19.3. The molecule has 34 heavy (non-hydrogen) atoms. The van der Waals surface area contributed by atoms with Crippen molar-refractivity contribution >= 4 is 31.6 Å². The number of piperidine rings is 2. The molecule has 2 fully saturated rings. The Labute approximate surface area is 202 Å². The van der Waals surface area contributed by atoms with Gasteiger partial charge in [0.1, 0.15) is 0 Å². The third-order valence-electron chi connectivity index (χ3n) is 6.49. The van der Waals surface area contributed by atoms with E-state index in [0.29, 0.717) is 38.2 Å². The van der Waals surface area contributed by atoms with Crippen LogP contribution in [0.2, 0.25) is 0 Å². The van der Waals surface area contributed by atoms with Gasteiger partial charge in [0.15, 0.2) is 0 Å². The van der Waals surface area contributed by atoms with Crippen molar-refractivity contribution in [2.75, 3.05) is 31.5 Å². The van der Waals surface area contributed by atoms with Gasteiger partial charge >= 0.3 is 0 Å². The molecule has 2 aromatic carbocycles. The Balaban J connectivity index is 1.41. The van der Waals surface area contributed by atoms with Crippen LogP contribution in [0.15, 0.2) is 58.3 Å². The number of anilines is 1. The van der Waals surface area contributed by atoms with Gasteiger partial charge in [-0.2, -0.15) is 8.61 Å². The summed E-state index contributed by atoms with van der Waals surface area (Å²) in [5.74, 6) is -0.749. The van der Waals surface area contributed by atoms with Gasteiger partial charge < -0.3 is 5.32 Å². The molecule has 1 amide bonds. The standard InChI is InChI=1S/C24H31N3O5S2/c1-19-7-11-22(12-8-19)34(31,32)27-17-5-6-20(18-27)24(28)25-21-9-13-23(14-10-21)33(29,30)26-15-3-2-4-16-26/h7-14,20H,2-6,15-18H2,1H3,(H,25,28). The molecule has 2 aliphatic heterocycles. The number of nitrogens with one attached hydrogen (secondary N) is 1. The Hall–Kier alpha value is -2.27. The highest BCUT2D eigenvalue weighted by molar-refractivity contribution is 7.89. The molecule has 4 rings (SSSR count). The van der Waals surface area contributed by atoms with Crippen molar-refractivity contribution in [2.45, 2.75) is 48.8 Å². The van der Waals surface area contributed by atoms with Crippen LogP contribution in [0.1, 0.15) is 37.7 Å². The molecule has 2 aliphatic rings. The largest absolute Gasteiger partial charge is 0.326 e. The normalized spacial score (nSPS) is 20.7. The summed E-state index contributed by atoms with van der Waals surface area (Å²) in [6.07, 6.45) is 3.96. The third kappa shape index (κ3) is 5.35. The summed E-state index contributed by atoms with van der Waals surface area (Å²) in [7, 11) is -7.20. The van der Waals surface area contributed by atoms with Gasteiger partial charge in [0.2, 0.25) is 26.0 Å². The summed E-state index contributed by atoms with van der Waals surface area (Å²) in [5, 5.41) is 2.82. The van der Waals surface area contributed by atoms with Crippen LogP contribution in [0.25, 0.3) is 0 Å². The number of sulfonamides is 2. The summed E-state index contributed by atoms with van der Waals surface area (Å²) in [4.78, 5) is 13.3. The van der Waals surface area contributed by atoms with Crippen molar-refractivity contribution in [1.82, 2.24) is 8.61 Å². The van der Waals surface area contributed by atoms with E-state index < -0.39 is 26.0 Å². The lowest BCUT2D eigenvalue weighted by Crippen LogP contribution is -2.43. The molecule has 1 atom stereocenters. The van der Waals surface area contributed by atoms with E-state index >= 15 is 0 Å². The van der Waals surface area contributed by atoms with Crippen LogP contribution in [0.5, 0.6) is 0 Å². The molecule has 10 heteroatoms. The second-order valence-corrected chi connectivity index (χ2v) is 12.9. The molecule has 2 aromatic rings. The van der Waals surface area contributed by atoms with E-state index in [2.05, 4.69) is 5.32 Å². The number of rotatable bonds is 6. The summed E-state index contributed by atoms with van der Waals surface area (Å²) in [6, 6.07) is 12.9. The van der Waals surface area contributed by atoms with Crippen LogP contribution in [0.4, 0.5) is 5.69 Å². The molecule has 1 unspecified atom stereocenters. The first kappa shape index (κ1) is 24.8. The van der Waals surface area contributed by atoms with Gasteiger partial charge in [0.25, 0.3) is 0 Å². The maximum atomic E-state index is 13.0. The van der Waals surface area contributed by atoms with E-state index in [1.807, 2.05) is 6.92 Å². The molecule has 2 saturated heterocycles. The minimum atomic E-state index is -3.67. The van der Waals surface area contributed by atoms with Crippen molar-refractivity contribution in [3.63, 3.8) is 0 Å². The topological polar surface area (TPSA) is 104 Å². The van der Waals surface area contributed by atoms with Crippen molar-refractivity contribution in [2.24, 2.45) is 5.92 Å². The summed E-state index contributed by atoms with van der Waals surface area (Å²) in [5.41, 5.74) is 1.46. The first-order valence-corrected chi connectivity index (χ1v) is 14.5. The van der Waals surface area contributed by atoms with Crippen LogP contribution in [-0.2, 0) is 24.8 Å². The molecule has 0 aromatic heterocycles. The van der Waals surface area contributed by atoms with E-state index in [1.165, 1.54) is 20.7 Å². The summed E-state index contributed by atoms with van der Waals surface area (Å²) in [6.45, 7) is 3.45. The van der Waals surface area contributed by atoms with Gasteiger partial charge in [-0.15, -0.1) is 0 Å². The minimum absolute atomic E-state index is 0.115. The maximum Gasteiger partial charge on any atom is 0.243 e. The van der Waals surface area contributed by atoms with Gasteiger partial charge in [-0.25, -0.2) is 16.8 Å². The maximum absolute atomic E-state index is 13.0. The quantitative estimate of drug-likeness (QED) is 0.649. The SMILES string of the molecule is Cc1ccc(S(=O)(=O)N2CCCC(C(=O)Nc3ccc(S(=O)(=O)N4CCCCC4)cc3)C2)cc1. The Bertz CT molecular complexity index is 1220. The second-order valence-electron chi connectivity index (χ2n) is 8.99. The van der Waals surface area contributed by atoms with E-state index in [1.54, 1.807) is 36.4 Å². The van der Waals surface area contributed by atoms with Crippen molar-refractivity contribution in [3.8, 4) is 0 Å². The van der Waals surface area contributed by atoms with Crippen molar-refractivity contribution in [3.05, 3.63) is 54.1 Å². The third-order valence-corrected chi connectivity index (χ3v) is 10.3. The molecule has 1 N–H and O–H groups in total. The highest BCUT2D eigenvalue weighted by Crippen LogP contribution is 2.26. The highest BCUT2D eigenvalue weighted by Gasteiger charge is 2.33. The fourth-order valence-corrected chi connectivity index (χ4v) is 7.48. The lowest BCUT2D eigenvalue weighted by atomic mass is 9.99. The number of hydrogen-bond donors (Lipinski definition) is 1. The van der Waals surface area contributed by atoms with Crippen molar-refractivity contribution in [1.29, 1.82) is 0 Å². The van der Waals surface area contributed by atoms with Crippen LogP contribution in [-0.4, -0.2) is 57.5 Å². The van der Waals surface area contributed by atoms with Gasteiger partial charge in [-0.3, -0.25) is 4.79 Å². The number of amides is 1. The van der Waals surface area contributed by atoms with Gasteiger partial charge in [0.05, 0.1) is 15.7 Å². The smallest absolute Gasteiger partial charge is 0.243 e. The molecular weight excluding hydrogens is 474 g/mol. The van der Waals surface area contributed by atoms with E-state index in [4.69, 9.17) is 0 Å². The molecule has 0 saturated carbocycles. The van der Waals surface area contributed by atoms with Crippen LogP contribution >= 0.6 is 0 Å². The zero-order chi connectivity index (χ0) is 24.3. The zero-order valence-corrected chi connectivity index (χ0v) is 20.9. The predicted molar refractivity (Wildman–Crippen MR) is 130 cm³/mol. The predicted octanol–water partition coefficient (Wildman–Crippen LogP) is 3.21. The number of nitrogens with zero attached hydrogens (tertiary/aromatic N) is 2. The minimum Gasteiger partial charge on any atom is -0.326 e.